The van der Waals surface area contributed by atoms with E-state index >= 15 is 0 Å². The van der Waals surface area contributed by atoms with Gasteiger partial charge in [-0.1, -0.05) is 17.4 Å². The van der Waals surface area contributed by atoms with Gasteiger partial charge in [0.05, 0.1) is 27.4 Å². The van der Waals surface area contributed by atoms with Crippen molar-refractivity contribution in [2.75, 3.05) is 58.5 Å². The summed E-state index contributed by atoms with van der Waals surface area (Å²) >= 11 is 1.36. The minimum absolute atomic E-state index is 0.287. The molecule has 0 radical (unpaired) electrons. The molecule has 0 unspecified atom stereocenters. The van der Waals surface area contributed by atoms with E-state index in [-0.39, 0.29) is 11.5 Å². The number of hydrogen-bond donors (Lipinski definition) is 0. The van der Waals surface area contributed by atoms with E-state index in [1.54, 1.807) is 37.3 Å². The fourth-order valence-electron chi connectivity index (χ4n) is 3.73. The molecule has 0 saturated carbocycles. The van der Waals surface area contributed by atoms with Gasteiger partial charge in [-0.2, -0.15) is 0 Å². The van der Waals surface area contributed by atoms with Gasteiger partial charge in [0.15, 0.2) is 5.13 Å². The fraction of sp³-hybridized carbons (Fsp3) is 0.391. The Bertz CT molecular complexity index is 1040. The highest BCUT2D eigenvalue weighted by Gasteiger charge is 2.24. The number of amides is 1. The van der Waals surface area contributed by atoms with E-state index in [1.807, 2.05) is 6.07 Å². The quantitative estimate of drug-likeness (QED) is 0.510. The van der Waals surface area contributed by atoms with Crippen LogP contribution in [0.25, 0.3) is 10.2 Å². The average Bonchev–Trinajstić information content (AvgIpc) is 3.26. The van der Waals surface area contributed by atoms with Gasteiger partial charge in [0.2, 0.25) is 0 Å². The molecule has 2 aromatic carbocycles. The Morgan fingerprint density at radius 3 is 2.66 bits per heavy atom. The lowest BCUT2D eigenvalue weighted by molar-refractivity contribution is 0.0376. The SMILES string of the molecule is COc1ccc(OC)c2sc(N(CCCN3CCOCC3)C(=O)c3cccc(F)c3)nc12. The molecule has 170 valence electrons. The lowest BCUT2D eigenvalue weighted by atomic mass is 10.2. The molecular formula is C23H26FN3O4S. The standard InChI is InChI=1S/C23H26FN3O4S/c1-29-18-7-8-19(30-2)21-20(18)25-23(32-21)27(10-4-9-26-11-13-31-14-12-26)22(28)16-5-3-6-17(24)15-16/h3,5-8,15H,4,9-14H2,1-2H3. The van der Waals surface area contributed by atoms with Crippen LogP contribution in [-0.2, 0) is 4.74 Å². The van der Waals surface area contributed by atoms with Crippen molar-refractivity contribution in [2.24, 2.45) is 0 Å². The zero-order chi connectivity index (χ0) is 22.5. The molecule has 0 atom stereocenters. The number of thiazole rings is 1. The summed E-state index contributed by atoms with van der Waals surface area (Å²) in [6.45, 7) is 4.51. The molecule has 0 N–H and O–H groups in total. The summed E-state index contributed by atoms with van der Waals surface area (Å²) < 4.78 is 31.0. The van der Waals surface area contributed by atoms with Gasteiger partial charge in [-0.05, 0) is 36.8 Å². The summed E-state index contributed by atoms with van der Waals surface area (Å²) in [4.78, 5) is 22.1. The van der Waals surface area contributed by atoms with Gasteiger partial charge < -0.3 is 14.2 Å². The Morgan fingerprint density at radius 1 is 1.19 bits per heavy atom. The minimum Gasteiger partial charge on any atom is -0.495 e. The number of fused-ring (bicyclic) bond motifs is 1. The van der Waals surface area contributed by atoms with Gasteiger partial charge in [-0.15, -0.1) is 0 Å². The van der Waals surface area contributed by atoms with E-state index in [4.69, 9.17) is 19.2 Å². The Hall–Kier alpha value is -2.75. The largest absolute Gasteiger partial charge is 0.495 e. The van der Waals surface area contributed by atoms with Crippen molar-refractivity contribution in [3.63, 3.8) is 0 Å². The lowest BCUT2D eigenvalue weighted by Gasteiger charge is -2.27. The first kappa shape index (κ1) is 22.4. The zero-order valence-electron chi connectivity index (χ0n) is 18.2. The fourth-order valence-corrected chi connectivity index (χ4v) is 4.83. The Morgan fingerprint density at radius 2 is 1.94 bits per heavy atom. The number of rotatable bonds is 8. The van der Waals surface area contributed by atoms with Crippen LogP contribution >= 0.6 is 11.3 Å². The van der Waals surface area contributed by atoms with E-state index in [0.717, 1.165) is 44.0 Å². The predicted octanol–water partition coefficient (Wildman–Crippen LogP) is 3.82. The van der Waals surface area contributed by atoms with E-state index in [9.17, 15) is 9.18 Å². The third-order valence-corrected chi connectivity index (χ3v) is 6.50. The second-order valence-electron chi connectivity index (χ2n) is 7.42. The summed E-state index contributed by atoms with van der Waals surface area (Å²) in [6, 6.07) is 9.36. The molecule has 1 amide bonds. The topological polar surface area (TPSA) is 64.1 Å². The van der Waals surface area contributed by atoms with Crippen molar-refractivity contribution in [3.05, 3.63) is 47.8 Å². The van der Waals surface area contributed by atoms with Crippen molar-refractivity contribution in [1.82, 2.24) is 9.88 Å². The summed E-state index contributed by atoms with van der Waals surface area (Å²) in [6.07, 6.45) is 0.755. The van der Waals surface area contributed by atoms with Crippen LogP contribution < -0.4 is 14.4 Å². The summed E-state index contributed by atoms with van der Waals surface area (Å²) in [5, 5.41) is 0.527. The molecule has 4 rings (SSSR count). The summed E-state index contributed by atoms with van der Waals surface area (Å²) in [5.74, 6) is 0.533. The Balaban J connectivity index is 1.65. The first-order valence-electron chi connectivity index (χ1n) is 10.5. The third kappa shape index (κ3) is 4.85. The molecular weight excluding hydrogens is 433 g/mol. The maximum absolute atomic E-state index is 13.8. The van der Waals surface area contributed by atoms with Crippen LogP contribution in [0.2, 0.25) is 0 Å². The van der Waals surface area contributed by atoms with E-state index < -0.39 is 5.82 Å². The number of carbonyl (C=O) groups excluding carboxylic acids is 1. The summed E-state index contributed by atoms with van der Waals surface area (Å²) in [5.41, 5.74) is 0.923. The van der Waals surface area contributed by atoms with Gasteiger partial charge in [-0.25, -0.2) is 9.37 Å². The predicted molar refractivity (Wildman–Crippen MR) is 123 cm³/mol. The summed E-state index contributed by atoms with van der Waals surface area (Å²) in [7, 11) is 3.18. The highest BCUT2D eigenvalue weighted by atomic mass is 32.1. The van der Waals surface area contributed by atoms with Crippen LogP contribution in [-0.4, -0.2) is 69.4 Å². The van der Waals surface area contributed by atoms with Crippen LogP contribution in [0.5, 0.6) is 11.5 Å². The third-order valence-electron chi connectivity index (χ3n) is 5.41. The average molecular weight is 460 g/mol. The molecule has 3 aromatic rings. The second kappa shape index (κ2) is 10.2. The van der Waals surface area contributed by atoms with Gasteiger partial charge in [0.25, 0.3) is 5.91 Å². The maximum atomic E-state index is 13.8. The molecule has 1 saturated heterocycles. The minimum atomic E-state index is -0.447. The molecule has 9 heteroatoms. The highest BCUT2D eigenvalue weighted by Crippen LogP contribution is 2.40. The number of halogens is 1. The number of ether oxygens (including phenoxy) is 3. The second-order valence-corrected chi connectivity index (χ2v) is 8.40. The van der Waals surface area contributed by atoms with Crippen LogP contribution in [0.3, 0.4) is 0 Å². The van der Waals surface area contributed by atoms with Crippen molar-refractivity contribution in [3.8, 4) is 11.5 Å². The van der Waals surface area contributed by atoms with E-state index in [2.05, 4.69) is 4.90 Å². The molecule has 1 fully saturated rings. The van der Waals surface area contributed by atoms with Crippen LogP contribution in [0, 0.1) is 5.82 Å². The maximum Gasteiger partial charge on any atom is 0.260 e. The zero-order valence-corrected chi connectivity index (χ0v) is 19.0. The van der Waals surface area contributed by atoms with Crippen molar-refractivity contribution >= 4 is 32.6 Å². The number of hydrogen-bond acceptors (Lipinski definition) is 7. The number of methoxy groups -OCH3 is 2. The van der Waals surface area contributed by atoms with Crippen molar-refractivity contribution < 1.29 is 23.4 Å². The Kier molecular flexibility index (Phi) is 7.19. The van der Waals surface area contributed by atoms with Crippen molar-refractivity contribution in [1.29, 1.82) is 0 Å². The lowest BCUT2D eigenvalue weighted by Crippen LogP contribution is -2.39. The van der Waals surface area contributed by atoms with Crippen LogP contribution in [0.15, 0.2) is 36.4 Å². The number of anilines is 1. The molecule has 1 aromatic heterocycles. The molecule has 0 spiro atoms. The molecule has 1 aliphatic rings. The monoisotopic (exact) mass is 459 g/mol. The molecule has 2 heterocycles. The van der Waals surface area contributed by atoms with Gasteiger partial charge in [0, 0.05) is 31.7 Å². The van der Waals surface area contributed by atoms with Gasteiger partial charge in [-0.3, -0.25) is 14.6 Å². The number of carbonyl (C=O) groups is 1. The number of nitrogens with zero attached hydrogens (tertiary/aromatic N) is 3. The Labute approximate surface area is 190 Å². The van der Waals surface area contributed by atoms with Crippen LogP contribution in [0.4, 0.5) is 9.52 Å². The number of aromatic nitrogens is 1. The smallest absolute Gasteiger partial charge is 0.260 e. The normalized spacial score (nSPS) is 14.5. The molecule has 1 aliphatic heterocycles. The first-order valence-corrected chi connectivity index (χ1v) is 11.3. The first-order chi connectivity index (χ1) is 15.6. The van der Waals surface area contributed by atoms with E-state index in [1.165, 1.54) is 23.5 Å². The van der Waals surface area contributed by atoms with E-state index in [0.29, 0.717) is 28.7 Å². The molecule has 0 bridgehead atoms. The number of morpholine rings is 1. The van der Waals surface area contributed by atoms with Crippen molar-refractivity contribution in [2.45, 2.75) is 6.42 Å². The van der Waals surface area contributed by atoms with Crippen LogP contribution in [0.1, 0.15) is 16.8 Å². The van der Waals surface area contributed by atoms with Gasteiger partial charge in [0.1, 0.15) is 27.5 Å². The van der Waals surface area contributed by atoms with Gasteiger partial charge >= 0.3 is 0 Å². The highest BCUT2D eigenvalue weighted by molar-refractivity contribution is 7.22. The number of benzene rings is 2. The molecule has 32 heavy (non-hydrogen) atoms. The molecule has 7 nitrogen and oxygen atoms in total. The molecule has 0 aliphatic carbocycles.